The van der Waals surface area contributed by atoms with Crippen LogP contribution >= 0.6 is 0 Å². The molecule has 0 amide bonds. The fourth-order valence-corrected chi connectivity index (χ4v) is 4.05. The number of nitrogens with two attached hydrogens (primary N) is 1. The lowest BCUT2D eigenvalue weighted by Crippen LogP contribution is -2.31. The van der Waals surface area contributed by atoms with Gasteiger partial charge in [-0.05, 0) is 37.1 Å². The number of hydrogen-bond acceptors (Lipinski definition) is 8. The number of nitrogen functional groups attached to an aromatic ring is 1. The molecule has 1 atom stereocenters. The molecule has 1 aliphatic rings. The van der Waals surface area contributed by atoms with E-state index in [0.717, 1.165) is 12.8 Å². The summed E-state index contributed by atoms with van der Waals surface area (Å²) in [5.41, 5.74) is 7.31. The number of nitrogens with one attached hydrogen (secondary N) is 1. The number of anilines is 1. The van der Waals surface area contributed by atoms with Gasteiger partial charge in [-0.1, -0.05) is 5.16 Å². The first-order valence-corrected chi connectivity index (χ1v) is 10.3. The van der Waals surface area contributed by atoms with Gasteiger partial charge in [0.2, 0.25) is 15.8 Å². The third kappa shape index (κ3) is 3.77. The van der Waals surface area contributed by atoms with Gasteiger partial charge in [0.25, 0.3) is 5.89 Å². The van der Waals surface area contributed by atoms with Crippen molar-refractivity contribution in [1.82, 2.24) is 24.6 Å². The predicted octanol–water partition coefficient (Wildman–Crippen LogP) is 1.18. The molecule has 148 valence electrons. The van der Waals surface area contributed by atoms with E-state index in [1.807, 2.05) is 0 Å². The summed E-state index contributed by atoms with van der Waals surface area (Å²) >= 11 is 0. The van der Waals surface area contributed by atoms with Crippen LogP contribution in [-0.2, 0) is 21.8 Å². The maximum absolute atomic E-state index is 12.4. The van der Waals surface area contributed by atoms with Crippen LogP contribution in [0.25, 0.3) is 23.0 Å². The van der Waals surface area contributed by atoms with Crippen molar-refractivity contribution in [2.75, 3.05) is 18.9 Å². The van der Waals surface area contributed by atoms with Crippen molar-refractivity contribution >= 4 is 15.7 Å². The summed E-state index contributed by atoms with van der Waals surface area (Å²) in [6, 6.07) is 6.24. The lowest BCUT2D eigenvalue weighted by Gasteiger charge is -2.11. The first kappa shape index (κ1) is 18.6. The van der Waals surface area contributed by atoms with Crippen LogP contribution in [-0.4, -0.2) is 47.6 Å². The number of benzene rings is 1. The summed E-state index contributed by atoms with van der Waals surface area (Å²) < 4.78 is 39.7. The number of hydrogen-bond donors (Lipinski definition) is 2. The summed E-state index contributed by atoms with van der Waals surface area (Å²) in [6.07, 6.45) is 3.40. The van der Waals surface area contributed by atoms with Gasteiger partial charge < -0.3 is 15.0 Å². The number of sulfonamides is 1. The SMILES string of the molecule is Cn1cc(N)c(-c2nc(-c3ccc(S(=O)(=O)NCC4CCCO4)cc3)no2)n1. The molecule has 4 rings (SSSR count). The number of nitrogens with zero attached hydrogens (tertiary/aromatic N) is 4. The van der Waals surface area contributed by atoms with E-state index in [1.54, 1.807) is 30.1 Å². The van der Waals surface area contributed by atoms with Crippen molar-refractivity contribution < 1.29 is 17.7 Å². The molecule has 1 aromatic carbocycles. The maximum Gasteiger partial charge on any atom is 0.280 e. The van der Waals surface area contributed by atoms with Gasteiger partial charge in [-0.3, -0.25) is 4.68 Å². The summed E-state index contributed by atoms with van der Waals surface area (Å²) in [6.45, 7) is 0.946. The van der Waals surface area contributed by atoms with Crippen LogP contribution in [0.2, 0.25) is 0 Å². The third-order valence-corrected chi connectivity index (χ3v) is 5.87. The lowest BCUT2D eigenvalue weighted by molar-refractivity contribution is 0.114. The summed E-state index contributed by atoms with van der Waals surface area (Å²) in [7, 11) is -1.87. The quantitative estimate of drug-likeness (QED) is 0.624. The van der Waals surface area contributed by atoms with Crippen molar-refractivity contribution in [2.45, 2.75) is 23.8 Å². The van der Waals surface area contributed by atoms with Gasteiger partial charge in [-0.2, -0.15) is 10.1 Å². The van der Waals surface area contributed by atoms with Crippen molar-refractivity contribution in [1.29, 1.82) is 0 Å². The highest BCUT2D eigenvalue weighted by Gasteiger charge is 2.21. The highest BCUT2D eigenvalue weighted by molar-refractivity contribution is 7.89. The molecule has 2 aromatic heterocycles. The summed E-state index contributed by atoms with van der Waals surface area (Å²) in [4.78, 5) is 4.45. The molecule has 3 heterocycles. The number of aromatic nitrogens is 4. The molecule has 1 fully saturated rings. The molecule has 28 heavy (non-hydrogen) atoms. The van der Waals surface area contributed by atoms with E-state index >= 15 is 0 Å². The molecule has 0 saturated carbocycles. The number of rotatable bonds is 6. The lowest BCUT2D eigenvalue weighted by atomic mass is 10.2. The van der Waals surface area contributed by atoms with E-state index < -0.39 is 10.0 Å². The molecular weight excluding hydrogens is 384 g/mol. The van der Waals surface area contributed by atoms with E-state index in [4.69, 9.17) is 15.0 Å². The average Bonchev–Trinajstić information content (AvgIpc) is 3.41. The minimum absolute atomic E-state index is 0.0640. The van der Waals surface area contributed by atoms with Crippen LogP contribution in [0, 0.1) is 0 Å². The molecular formula is C17H20N6O4S. The summed E-state index contributed by atoms with van der Waals surface area (Å²) in [5, 5.41) is 8.11. The van der Waals surface area contributed by atoms with Crippen LogP contribution in [0.15, 0.2) is 39.9 Å². The van der Waals surface area contributed by atoms with Crippen molar-refractivity contribution in [2.24, 2.45) is 7.05 Å². The largest absolute Gasteiger partial charge is 0.396 e. The van der Waals surface area contributed by atoms with E-state index in [2.05, 4.69) is 20.0 Å². The Morgan fingerprint density at radius 1 is 1.32 bits per heavy atom. The zero-order chi connectivity index (χ0) is 19.7. The fourth-order valence-electron chi connectivity index (χ4n) is 2.98. The van der Waals surface area contributed by atoms with E-state index in [0.29, 0.717) is 29.4 Å². The molecule has 0 spiro atoms. The zero-order valence-corrected chi connectivity index (χ0v) is 16.0. The Balaban J connectivity index is 1.49. The maximum atomic E-state index is 12.4. The molecule has 0 bridgehead atoms. The monoisotopic (exact) mass is 404 g/mol. The van der Waals surface area contributed by atoms with E-state index in [9.17, 15) is 8.42 Å². The molecule has 10 nitrogen and oxygen atoms in total. The smallest absolute Gasteiger partial charge is 0.280 e. The van der Waals surface area contributed by atoms with Gasteiger partial charge >= 0.3 is 0 Å². The van der Waals surface area contributed by atoms with Gasteiger partial charge in [0.1, 0.15) is 0 Å². The molecule has 3 N–H and O–H groups in total. The molecule has 1 unspecified atom stereocenters. The third-order valence-electron chi connectivity index (χ3n) is 4.43. The Kier molecular flexibility index (Phi) is 4.87. The fraction of sp³-hybridized carbons (Fsp3) is 0.353. The van der Waals surface area contributed by atoms with E-state index in [-0.39, 0.29) is 23.4 Å². The Hall–Kier alpha value is -2.76. The first-order chi connectivity index (χ1) is 13.4. The zero-order valence-electron chi connectivity index (χ0n) is 15.2. The van der Waals surface area contributed by atoms with Gasteiger partial charge in [0.05, 0.1) is 16.7 Å². The van der Waals surface area contributed by atoms with Gasteiger partial charge in [0.15, 0.2) is 5.69 Å². The first-order valence-electron chi connectivity index (χ1n) is 8.77. The second kappa shape index (κ2) is 7.34. The van der Waals surface area contributed by atoms with Crippen molar-refractivity contribution in [3.8, 4) is 23.0 Å². The molecule has 3 aromatic rings. The molecule has 0 radical (unpaired) electrons. The Bertz CT molecular complexity index is 1070. The van der Waals surface area contributed by atoms with E-state index in [1.165, 1.54) is 12.1 Å². The minimum atomic E-state index is -3.61. The van der Waals surface area contributed by atoms with Crippen molar-refractivity contribution in [3.05, 3.63) is 30.5 Å². The van der Waals surface area contributed by atoms with Crippen LogP contribution in [0.1, 0.15) is 12.8 Å². The normalized spacial score (nSPS) is 17.2. The molecule has 1 aliphatic heterocycles. The highest BCUT2D eigenvalue weighted by Crippen LogP contribution is 2.25. The highest BCUT2D eigenvalue weighted by atomic mass is 32.2. The van der Waals surface area contributed by atoms with Crippen LogP contribution in [0.3, 0.4) is 0 Å². The Labute approximate surface area is 161 Å². The van der Waals surface area contributed by atoms with Gasteiger partial charge in [-0.25, -0.2) is 13.1 Å². The van der Waals surface area contributed by atoms with Crippen molar-refractivity contribution in [3.63, 3.8) is 0 Å². The number of ether oxygens (including phenoxy) is 1. The van der Waals surface area contributed by atoms with Gasteiger partial charge in [0, 0.05) is 32.0 Å². The molecule has 0 aliphatic carbocycles. The molecule has 1 saturated heterocycles. The Morgan fingerprint density at radius 3 is 2.75 bits per heavy atom. The topological polar surface area (TPSA) is 138 Å². The number of aryl methyl sites for hydroxylation is 1. The summed E-state index contributed by atoms with van der Waals surface area (Å²) in [5.74, 6) is 0.513. The minimum Gasteiger partial charge on any atom is -0.396 e. The van der Waals surface area contributed by atoms with Crippen LogP contribution < -0.4 is 10.5 Å². The molecule has 11 heteroatoms. The Morgan fingerprint density at radius 2 is 2.11 bits per heavy atom. The van der Waals surface area contributed by atoms with Crippen LogP contribution in [0.4, 0.5) is 5.69 Å². The van der Waals surface area contributed by atoms with Gasteiger partial charge in [-0.15, -0.1) is 0 Å². The average molecular weight is 404 g/mol. The second-order valence-corrected chi connectivity index (χ2v) is 8.31. The predicted molar refractivity (Wildman–Crippen MR) is 101 cm³/mol. The second-order valence-electron chi connectivity index (χ2n) is 6.54. The standard InChI is InChI=1S/C17H20N6O4S/c1-23-10-14(18)15(21-23)17-20-16(22-27-17)11-4-6-13(7-5-11)28(24,25)19-9-12-3-2-8-26-12/h4-7,10,12,19H,2-3,8-9,18H2,1H3. The van der Waals surface area contributed by atoms with Crippen LogP contribution in [0.5, 0.6) is 0 Å².